The summed E-state index contributed by atoms with van der Waals surface area (Å²) in [6, 6.07) is 4.65. The molecule has 2 atom stereocenters. The van der Waals surface area contributed by atoms with Gasteiger partial charge in [-0.3, -0.25) is 24.1 Å². The Balaban J connectivity index is 1.69. The Kier molecular flexibility index (Phi) is 5.20. The van der Waals surface area contributed by atoms with Gasteiger partial charge in [-0.2, -0.15) is 0 Å². The van der Waals surface area contributed by atoms with E-state index in [1.807, 2.05) is 18.9 Å². The Labute approximate surface area is 178 Å². The molecular formula is C22H25FN4O4. The monoisotopic (exact) mass is 428 g/mol. The highest BCUT2D eigenvalue weighted by atomic mass is 19.1. The van der Waals surface area contributed by atoms with Crippen molar-refractivity contribution in [3.05, 3.63) is 62.8 Å². The van der Waals surface area contributed by atoms with Crippen molar-refractivity contribution in [2.75, 3.05) is 11.7 Å². The molecule has 1 fully saturated rings. The lowest BCUT2D eigenvalue weighted by Gasteiger charge is -2.41. The second-order valence-electron chi connectivity index (χ2n) is 8.32. The predicted octanol–water partition coefficient (Wildman–Crippen LogP) is 1.85. The van der Waals surface area contributed by atoms with Crippen LogP contribution in [0.1, 0.15) is 58.7 Å². The van der Waals surface area contributed by atoms with Crippen LogP contribution in [0.15, 0.2) is 29.2 Å². The molecule has 0 saturated carbocycles. The van der Waals surface area contributed by atoms with Crippen LogP contribution in [-0.2, 0) is 6.54 Å². The number of rotatable bonds is 3. The van der Waals surface area contributed by atoms with Gasteiger partial charge in [-0.1, -0.05) is 12.1 Å². The van der Waals surface area contributed by atoms with Crippen molar-refractivity contribution < 1.29 is 19.1 Å². The first-order valence-corrected chi connectivity index (χ1v) is 10.3. The number of nitrogens with one attached hydrogen (secondary N) is 1. The van der Waals surface area contributed by atoms with E-state index in [1.165, 1.54) is 16.9 Å². The fraction of sp³-hybridized carbons (Fsp3) is 0.409. The smallest absolute Gasteiger partial charge is 0.278 e. The molecule has 2 amide bonds. The quantitative estimate of drug-likeness (QED) is 0.778. The Hall–Kier alpha value is -3.36. The van der Waals surface area contributed by atoms with Gasteiger partial charge in [0.2, 0.25) is 5.43 Å². The van der Waals surface area contributed by atoms with E-state index in [4.69, 9.17) is 0 Å². The first kappa shape index (κ1) is 20.9. The van der Waals surface area contributed by atoms with Gasteiger partial charge in [0.1, 0.15) is 18.0 Å². The second kappa shape index (κ2) is 7.72. The maximum atomic E-state index is 14.1. The highest BCUT2D eigenvalue weighted by Gasteiger charge is 2.39. The Morgan fingerprint density at radius 3 is 2.65 bits per heavy atom. The summed E-state index contributed by atoms with van der Waals surface area (Å²) in [5.74, 6) is -2.40. The van der Waals surface area contributed by atoms with Crippen LogP contribution in [0.25, 0.3) is 0 Å². The van der Waals surface area contributed by atoms with Gasteiger partial charge < -0.3 is 15.3 Å². The van der Waals surface area contributed by atoms with E-state index in [2.05, 4.69) is 5.32 Å². The summed E-state index contributed by atoms with van der Waals surface area (Å²) in [4.78, 5) is 40.1. The number of carbonyl (C=O) groups is 2. The summed E-state index contributed by atoms with van der Waals surface area (Å²) in [6.07, 6.45) is 2.89. The maximum Gasteiger partial charge on any atom is 0.278 e. The van der Waals surface area contributed by atoms with Gasteiger partial charge in [-0.05, 0) is 45.2 Å². The van der Waals surface area contributed by atoms with Gasteiger partial charge in [-0.25, -0.2) is 4.39 Å². The SMILES string of the molecule is Cc1ccc(CNC(=O)c2cn3c(c(O)c2=O)C(=O)N2CN3[C@@H](C)CC[C@@H]2C)c(F)c1. The van der Waals surface area contributed by atoms with Gasteiger partial charge in [0, 0.05) is 30.4 Å². The first-order valence-electron chi connectivity index (χ1n) is 10.3. The number of carbonyl (C=O) groups excluding carboxylic acids is 2. The topological polar surface area (TPSA) is 94.9 Å². The van der Waals surface area contributed by atoms with Gasteiger partial charge in [0.05, 0.1) is 0 Å². The normalized spacial score (nSPS) is 20.3. The molecule has 0 spiro atoms. The average molecular weight is 428 g/mol. The zero-order chi connectivity index (χ0) is 22.4. The van der Waals surface area contributed by atoms with Crippen LogP contribution in [0, 0.1) is 12.7 Å². The molecule has 2 N–H and O–H groups in total. The minimum atomic E-state index is -0.928. The molecule has 9 heteroatoms. The number of aryl methyl sites for hydroxylation is 1. The van der Waals surface area contributed by atoms with E-state index in [1.54, 1.807) is 24.0 Å². The van der Waals surface area contributed by atoms with Crippen LogP contribution in [0.5, 0.6) is 5.75 Å². The molecule has 1 aromatic heterocycles. The maximum absolute atomic E-state index is 14.1. The van der Waals surface area contributed by atoms with Crippen LogP contribution >= 0.6 is 0 Å². The molecule has 0 unspecified atom stereocenters. The van der Waals surface area contributed by atoms with E-state index in [9.17, 15) is 23.9 Å². The van der Waals surface area contributed by atoms with Crippen molar-refractivity contribution >= 4 is 11.8 Å². The third-order valence-electron chi connectivity index (χ3n) is 6.14. The first-order chi connectivity index (χ1) is 14.7. The minimum Gasteiger partial charge on any atom is -0.502 e. The average Bonchev–Trinajstić information content (AvgIpc) is 2.85. The van der Waals surface area contributed by atoms with E-state index >= 15 is 0 Å². The number of amides is 2. The highest BCUT2D eigenvalue weighted by Crippen LogP contribution is 2.28. The molecule has 2 aliphatic heterocycles. The van der Waals surface area contributed by atoms with Crippen LogP contribution in [0.4, 0.5) is 4.39 Å². The summed E-state index contributed by atoms with van der Waals surface area (Å²) in [7, 11) is 0. The second-order valence-corrected chi connectivity index (χ2v) is 8.32. The van der Waals surface area contributed by atoms with Crippen molar-refractivity contribution in [1.82, 2.24) is 14.9 Å². The largest absolute Gasteiger partial charge is 0.502 e. The molecule has 164 valence electrons. The van der Waals surface area contributed by atoms with E-state index in [-0.39, 0.29) is 35.4 Å². The molecule has 0 radical (unpaired) electrons. The third-order valence-corrected chi connectivity index (χ3v) is 6.14. The number of benzene rings is 1. The highest BCUT2D eigenvalue weighted by molar-refractivity contribution is 5.99. The van der Waals surface area contributed by atoms with Crippen molar-refractivity contribution in [2.45, 2.75) is 52.2 Å². The number of aromatic hydroxyl groups is 1. The standard InChI is InChI=1S/C22H25FN4O4/c1-12-4-7-15(17(23)8-12)9-24-21(30)16-10-26-18(20(29)19(16)28)22(31)25-11-27(26)14(3)6-5-13(25)2/h4,7-8,10,13-14,29H,5-6,9,11H2,1-3H3,(H,24,30)/t13-,14-/m0/s1. The van der Waals surface area contributed by atoms with Gasteiger partial charge in [-0.15, -0.1) is 0 Å². The van der Waals surface area contributed by atoms with Crippen molar-refractivity contribution in [3.8, 4) is 5.75 Å². The number of aromatic nitrogens is 1. The van der Waals surface area contributed by atoms with Crippen LogP contribution in [0.3, 0.4) is 0 Å². The molecule has 2 aliphatic rings. The lowest BCUT2D eigenvalue weighted by Crippen LogP contribution is -2.57. The molecule has 0 aliphatic carbocycles. The summed E-state index contributed by atoms with van der Waals surface area (Å²) in [6.45, 7) is 5.87. The summed E-state index contributed by atoms with van der Waals surface area (Å²) >= 11 is 0. The Morgan fingerprint density at radius 1 is 1.23 bits per heavy atom. The molecule has 4 rings (SSSR count). The van der Waals surface area contributed by atoms with Crippen LogP contribution in [0.2, 0.25) is 0 Å². The number of pyridine rings is 1. The molecular weight excluding hydrogens is 403 g/mol. The van der Waals surface area contributed by atoms with Crippen molar-refractivity contribution in [2.24, 2.45) is 0 Å². The van der Waals surface area contributed by atoms with Gasteiger partial charge >= 0.3 is 0 Å². The molecule has 2 aromatic rings. The van der Waals surface area contributed by atoms with Crippen LogP contribution in [-0.4, -0.2) is 45.2 Å². The van der Waals surface area contributed by atoms with Gasteiger partial charge in [0.15, 0.2) is 11.4 Å². The molecule has 2 bridgehead atoms. The number of nitrogens with zero attached hydrogens (tertiary/aromatic N) is 3. The molecule has 8 nitrogen and oxygen atoms in total. The van der Waals surface area contributed by atoms with Crippen LogP contribution < -0.4 is 15.8 Å². The van der Waals surface area contributed by atoms with E-state index in [0.29, 0.717) is 6.67 Å². The lowest BCUT2D eigenvalue weighted by atomic mass is 10.1. The van der Waals surface area contributed by atoms with E-state index in [0.717, 1.165) is 18.4 Å². The molecule has 1 aromatic carbocycles. The number of hydrogen-bond donors (Lipinski definition) is 2. The zero-order valence-corrected chi connectivity index (χ0v) is 17.7. The zero-order valence-electron chi connectivity index (χ0n) is 17.7. The fourth-order valence-electron chi connectivity index (χ4n) is 4.12. The third kappa shape index (κ3) is 3.54. The molecule has 3 heterocycles. The predicted molar refractivity (Wildman–Crippen MR) is 112 cm³/mol. The summed E-state index contributed by atoms with van der Waals surface area (Å²) in [5.41, 5.74) is -0.340. The molecule has 31 heavy (non-hydrogen) atoms. The number of fused-ring (bicyclic) bond motifs is 4. The van der Waals surface area contributed by atoms with Crippen molar-refractivity contribution in [1.29, 1.82) is 0 Å². The fourth-order valence-corrected chi connectivity index (χ4v) is 4.12. The Bertz CT molecular complexity index is 1130. The lowest BCUT2D eigenvalue weighted by molar-refractivity contribution is 0.0627. The van der Waals surface area contributed by atoms with Gasteiger partial charge in [0.25, 0.3) is 11.8 Å². The van der Waals surface area contributed by atoms with Crippen molar-refractivity contribution in [3.63, 3.8) is 0 Å². The molecule has 1 saturated heterocycles. The summed E-state index contributed by atoms with van der Waals surface area (Å²) < 4.78 is 15.5. The minimum absolute atomic E-state index is 0.0266. The van der Waals surface area contributed by atoms with E-state index < -0.39 is 28.8 Å². The number of halogens is 1. The summed E-state index contributed by atoms with van der Waals surface area (Å²) in [5, 5.41) is 15.0. The Morgan fingerprint density at radius 2 is 1.94 bits per heavy atom. The number of hydrogen-bond acceptors (Lipinski definition) is 5.